The van der Waals surface area contributed by atoms with Crippen molar-refractivity contribution >= 4 is 11.5 Å². The second-order valence-corrected chi connectivity index (χ2v) is 6.64. The molecule has 0 saturated heterocycles. The Morgan fingerprint density at radius 3 is 2.57 bits per heavy atom. The van der Waals surface area contributed by atoms with Crippen molar-refractivity contribution in [1.82, 2.24) is 5.06 Å². The fourth-order valence-electron chi connectivity index (χ4n) is 3.20. The molecule has 1 aromatic rings. The molecule has 0 spiro atoms. The normalized spacial score (nSPS) is 21.0. The van der Waals surface area contributed by atoms with Gasteiger partial charge in [-0.3, -0.25) is 5.21 Å². The van der Waals surface area contributed by atoms with E-state index in [2.05, 4.69) is 4.99 Å². The van der Waals surface area contributed by atoms with Crippen LogP contribution in [0.3, 0.4) is 0 Å². The first-order valence-electron chi connectivity index (χ1n) is 8.28. The molecule has 3 rings (SSSR count). The van der Waals surface area contributed by atoms with E-state index in [0.29, 0.717) is 5.06 Å². The Kier molecular flexibility index (Phi) is 4.76. The SMILES string of the molecule is CC(C)OCC1(C(F)(F)F)C2=CC(C#N)=CN(O)C2=Nc2ccc(C#N)cc21. The predicted molar refractivity (Wildman–Crippen MR) is 92.5 cm³/mol. The van der Waals surface area contributed by atoms with Gasteiger partial charge in [0, 0.05) is 11.1 Å². The number of fused-ring (bicyclic) bond motifs is 2. The van der Waals surface area contributed by atoms with E-state index in [0.717, 1.165) is 18.3 Å². The Balaban J connectivity index is 2.40. The molecule has 1 N–H and O–H groups in total. The molecular formula is C19H15F3N4O2. The third-order valence-corrected chi connectivity index (χ3v) is 4.54. The first kappa shape index (κ1) is 19.6. The number of aliphatic imine (C=N–C) groups is 1. The molecule has 144 valence electrons. The average molecular weight is 388 g/mol. The molecule has 0 aliphatic carbocycles. The summed E-state index contributed by atoms with van der Waals surface area (Å²) in [6.07, 6.45) is -3.34. The van der Waals surface area contributed by atoms with Gasteiger partial charge in [0.05, 0.1) is 41.8 Å². The maximum absolute atomic E-state index is 14.6. The molecule has 0 amide bonds. The van der Waals surface area contributed by atoms with Gasteiger partial charge in [0.2, 0.25) is 0 Å². The highest BCUT2D eigenvalue weighted by atomic mass is 19.4. The molecule has 0 radical (unpaired) electrons. The molecule has 0 bridgehead atoms. The van der Waals surface area contributed by atoms with Gasteiger partial charge in [0.25, 0.3) is 0 Å². The number of benzene rings is 1. The first-order valence-corrected chi connectivity index (χ1v) is 8.28. The maximum atomic E-state index is 14.6. The van der Waals surface area contributed by atoms with E-state index in [1.54, 1.807) is 19.9 Å². The third kappa shape index (κ3) is 2.95. The third-order valence-electron chi connectivity index (χ3n) is 4.54. The van der Waals surface area contributed by atoms with Crippen LogP contribution in [0.1, 0.15) is 25.0 Å². The minimum absolute atomic E-state index is 0.0314. The lowest BCUT2D eigenvalue weighted by atomic mass is 9.69. The summed E-state index contributed by atoms with van der Waals surface area (Å²) < 4.78 is 49.3. The molecule has 2 aliphatic heterocycles. The molecule has 28 heavy (non-hydrogen) atoms. The van der Waals surface area contributed by atoms with Gasteiger partial charge in [-0.1, -0.05) is 0 Å². The van der Waals surface area contributed by atoms with Crippen LogP contribution in [0, 0.1) is 22.7 Å². The summed E-state index contributed by atoms with van der Waals surface area (Å²) in [4.78, 5) is 4.13. The summed E-state index contributed by atoms with van der Waals surface area (Å²) in [5.74, 6) is -0.346. The molecule has 2 heterocycles. The summed E-state index contributed by atoms with van der Waals surface area (Å²) in [6.45, 7) is 2.40. The van der Waals surface area contributed by atoms with Crippen LogP contribution in [0.4, 0.5) is 18.9 Å². The minimum Gasteiger partial charge on any atom is -0.377 e. The van der Waals surface area contributed by atoms with Crippen LogP contribution in [-0.4, -0.2) is 35.0 Å². The van der Waals surface area contributed by atoms with Gasteiger partial charge in [-0.25, -0.2) is 10.1 Å². The van der Waals surface area contributed by atoms with E-state index in [9.17, 15) is 28.9 Å². The molecule has 1 aromatic carbocycles. The van der Waals surface area contributed by atoms with Crippen molar-refractivity contribution in [2.24, 2.45) is 4.99 Å². The summed E-state index contributed by atoms with van der Waals surface area (Å²) in [5, 5.41) is 28.9. The zero-order chi connectivity index (χ0) is 20.7. The number of hydrogen-bond acceptors (Lipinski definition) is 6. The highest BCUT2D eigenvalue weighted by molar-refractivity contribution is 6.06. The van der Waals surface area contributed by atoms with Crippen molar-refractivity contribution in [3.8, 4) is 12.1 Å². The van der Waals surface area contributed by atoms with Gasteiger partial charge >= 0.3 is 6.18 Å². The fourth-order valence-corrected chi connectivity index (χ4v) is 3.20. The highest BCUT2D eigenvalue weighted by Gasteiger charge is 2.62. The Labute approximate surface area is 159 Å². The summed E-state index contributed by atoms with van der Waals surface area (Å²) >= 11 is 0. The van der Waals surface area contributed by atoms with Crippen LogP contribution < -0.4 is 0 Å². The van der Waals surface area contributed by atoms with Crippen molar-refractivity contribution in [3.05, 3.63) is 52.7 Å². The van der Waals surface area contributed by atoms with Gasteiger partial charge in [0.15, 0.2) is 5.84 Å². The number of halogens is 3. The zero-order valence-corrected chi connectivity index (χ0v) is 14.9. The van der Waals surface area contributed by atoms with E-state index in [-0.39, 0.29) is 28.2 Å². The van der Waals surface area contributed by atoms with Gasteiger partial charge in [0.1, 0.15) is 11.5 Å². The Hall–Kier alpha value is -3.14. The molecule has 2 aliphatic rings. The van der Waals surface area contributed by atoms with Crippen molar-refractivity contribution < 1.29 is 23.1 Å². The molecular weight excluding hydrogens is 373 g/mol. The van der Waals surface area contributed by atoms with Crippen LogP contribution in [-0.2, 0) is 10.2 Å². The highest BCUT2D eigenvalue weighted by Crippen LogP contribution is 2.54. The molecule has 9 heteroatoms. The maximum Gasteiger partial charge on any atom is 0.404 e. The number of nitrogens with zero attached hydrogens (tertiary/aromatic N) is 4. The number of hydrogen-bond donors (Lipinski definition) is 1. The van der Waals surface area contributed by atoms with Crippen molar-refractivity contribution in [2.75, 3.05) is 6.61 Å². The van der Waals surface area contributed by atoms with Crippen molar-refractivity contribution in [2.45, 2.75) is 31.5 Å². The lowest BCUT2D eigenvalue weighted by Crippen LogP contribution is -2.54. The number of allylic oxidation sites excluding steroid dienone is 2. The second kappa shape index (κ2) is 6.79. The fraction of sp³-hybridized carbons (Fsp3) is 0.316. The second-order valence-electron chi connectivity index (χ2n) is 6.64. The number of nitriles is 2. The lowest BCUT2D eigenvalue weighted by Gasteiger charge is -2.43. The van der Waals surface area contributed by atoms with E-state index in [1.165, 1.54) is 12.1 Å². The van der Waals surface area contributed by atoms with Gasteiger partial charge in [-0.05, 0) is 38.1 Å². The number of hydroxylamine groups is 2. The van der Waals surface area contributed by atoms with Gasteiger partial charge in [-0.2, -0.15) is 23.7 Å². The average Bonchev–Trinajstić information content (AvgIpc) is 2.64. The smallest absolute Gasteiger partial charge is 0.377 e. The number of amidine groups is 1. The first-order chi connectivity index (χ1) is 13.1. The summed E-state index contributed by atoms with van der Waals surface area (Å²) in [6, 6.07) is 7.34. The topological polar surface area (TPSA) is 92.6 Å². The molecule has 0 aromatic heterocycles. The summed E-state index contributed by atoms with van der Waals surface area (Å²) in [5.41, 5.74) is -3.57. The van der Waals surface area contributed by atoms with Crippen LogP contribution in [0.25, 0.3) is 0 Å². The van der Waals surface area contributed by atoms with Crippen molar-refractivity contribution in [1.29, 1.82) is 10.5 Å². The molecule has 1 unspecified atom stereocenters. The predicted octanol–water partition coefficient (Wildman–Crippen LogP) is 3.87. The van der Waals surface area contributed by atoms with E-state index in [4.69, 9.17) is 4.74 Å². The van der Waals surface area contributed by atoms with Crippen LogP contribution in [0.15, 0.2) is 46.6 Å². The Morgan fingerprint density at radius 1 is 1.29 bits per heavy atom. The monoisotopic (exact) mass is 388 g/mol. The van der Waals surface area contributed by atoms with Gasteiger partial charge in [-0.15, -0.1) is 0 Å². The molecule has 6 nitrogen and oxygen atoms in total. The quantitative estimate of drug-likeness (QED) is 0.849. The Morgan fingerprint density at radius 2 is 2.00 bits per heavy atom. The lowest BCUT2D eigenvalue weighted by molar-refractivity contribution is -0.195. The van der Waals surface area contributed by atoms with Crippen LogP contribution >= 0.6 is 0 Å². The number of ether oxygens (including phenoxy) is 1. The summed E-state index contributed by atoms with van der Waals surface area (Å²) in [7, 11) is 0. The largest absolute Gasteiger partial charge is 0.404 e. The molecule has 1 atom stereocenters. The van der Waals surface area contributed by atoms with Gasteiger partial charge < -0.3 is 4.74 Å². The zero-order valence-electron chi connectivity index (χ0n) is 14.9. The van der Waals surface area contributed by atoms with Crippen molar-refractivity contribution in [3.63, 3.8) is 0 Å². The number of alkyl halides is 3. The van der Waals surface area contributed by atoms with Crippen LogP contribution in [0.5, 0.6) is 0 Å². The molecule has 0 saturated carbocycles. The van der Waals surface area contributed by atoms with Crippen LogP contribution in [0.2, 0.25) is 0 Å². The Bertz CT molecular complexity index is 996. The molecule has 0 fully saturated rings. The van der Waals surface area contributed by atoms with E-state index < -0.39 is 29.9 Å². The van der Waals surface area contributed by atoms with E-state index >= 15 is 0 Å². The number of rotatable bonds is 3. The standard InChI is InChI=1S/C19H15F3N4O2/c1-11(2)28-10-18(19(20,21)22)14-5-12(7-23)3-4-16(14)25-17-15(18)6-13(8-24)9-26(17)27/h3-6,9,11,27H,10H2,1-2H3. The minimum atomic E-state index is -4.86. The van der Waals surface area contributed by atoms with E-state index in [1.807, 2.05) is 6.07 Å².